The van der Waals surface area contributed by atoms with Crippen LogP contribution in [0, 0.1) is 5.82 Å². The van der Waals surface area contributed by atoms with Crippen molar-refractivity contribution in [3.8, 4) is 0 Å². The summed E-state index contributed by atoms with van der Waals surface area (Å²) in [5, 5.41) is 5.12. The molecule has 3 amide bonds. The Morgan fingerprint density at radius 3 is 2.58 bits per heavy atom. The van der Waals surface area contributed by atoms with Gasteiger partial charge >= 0.3 is 12.2 Å². The topological polar surface area (TPSA) is 83.6 Å². The van der Waals surface area contributed by atoms with Crippen LogP contribution in [0.4, 0.5) is 33.2 Å². The molecule has 174 valence electrons. The van der Waals surface area contributed by atoms with Crippen LogP contribution in [0.3, 0.4) is 0 Å². The lowest BCUT2D eigenvalue weighted by Crippen LogP contribution is -2.63. The van der Waals surface area contributed by atoms with E-state index in [1.807, 2.05) is 0 Å². The lowest BCUT2D eigenvalue weighted by molar-refractivity contribution is -0.290. The van der Waals surface area contributed by atoms with Gasteiger partial charge in [0.2, 0.25) is 0 Å². The normalized spacial score (nSPS) is 21.3. The summed E-state index contributed by atoms with van der Waals surface area (Å²) in [6.07, 6.45) is -4.99. The highest BCUT2D eigenvalue weighted by molar-refractivity contribution is 7.22. The summed E-state index contributed by atoms with van der Waals surface area (Å²) in [7, 11) is 1.31. The summed E-state index contributed by atoms with van der Waals surface area (Å²) < 4.78 is 61.0. The molecule has 2 heterocycles. The molecule has 0 saturated carbocycles. The van der Waals surface area contributed by atoms with Gasteiger partial charge in [0, 0.05) is 18.3 Å². The van der Waals surface area contributed by atoms with Crippen molar-refractivity contribution in [2.24, 2.45) is 0 Å². The Hall–Kier alpha value is -3.25. The zero-order chi connectivity index (χ0) is 24.0. The molecular weight excluding hydrogens is 464 g/mol. The first-order chi connectivity index (χ1) is 15.5. The molecule has 0 bridgehead atoms. The van der Waals surface area contributed by atoms with E-state index in [0.717, 1.165) is 22.3 Å². The number of aromatic nitrogens is 1. The number of hydrogen-bond donors (Lipinski definition) is 2. The van der Waals surface area contributed by atoms with E-state index >= 15 is 0 Å². The number of benzene rings is 2. The highest BCUT2D eigenvalue weighted by atomic mass is 32.1. The molecule has 0 radical (unpaired) electrons. The molecule has 1 aliphatic heterocycles. The fourth-order valence-electron chi connectivity index (χ4n) is 3.43. The number of nitrogens with one attached hydrogen (secondary N) is 2. The average Bonchev–Trinajstić information content (AvgIpc) is 3.14. The van der Waals surface area contributed by atoms with Crippen LogP contribution in [0.25, 0.3) is 10.2 Å². The lowest BCUT2D eigenvalue weighted by Gasteiger charge is -2.44. The first kappa shape index (κ1) is 22.9. The molecule has 7 nitrogen and oxygen atoms in total. The zero-order valence-electron chi connectivity index (χ0n) is 17.4. The largest absolute Gasteiger partial charge is 0.430 e. The molecule has 0 spiro atoms. The Balaban J connectivity index is 1.62. The third-order valence-electron chi connectivity index (χ3n) is 5.34. The number of rotatable bonds is 3. The van der Waals surface area contributed by atoms with E-state index in [4.69, 9.17) is 4.74 Å². The van der Waals surface area contributed by atoms with Crippen molar-refractivity contribution in [1.29, 1.82) is 0 Å². The van der Waals surface area contributed by atoms with E-state index in [1.54, 1.807) is 6.92 Å². The number of ether oxygens (including phenoxy) is 1. The number of likely N-dealkylation sites (N-methyl/N-ethyl adjacent to an activating group) is 1. The van der Waals surface area contributed by atoms with Crippen molar-refractivity contribution in [3.05, 3.63) is 53.8 Å². The number of anilines is 2. The molecular formula is C21H18F4N4O3S. The summed E-state index contributed by atoms with van der Waals surface area (Å²) >= 11 is 0.938. The van der Waals surface area contributed by atoms with Crippen LogP contribution in [0.15, 0.2) is 42.5 Å². The van der Waals surface area contributed by atoms with Gasteiger partial charge in [0.05, 0.1) is 22.9 Å². The number of nitrogens with zero attached hydrogens (tertiary/aromatic N) is 2. The first-order valence-electron chi connectivity index (χ1n) is 9.74. The van der Waals surface area contributed by atoms with Crippen LogP contribution in [0.5, 0.6) is 0 Å². The van der Waals surface area contributed by atoms with Crippen LogP contribution in [-0.2, 0) is 15.1 Å². The van der Waals surface area contributed by atoms with Crippen LogP contribution >= 0.6 is 11.3 Å². The zero-order valence-corrected chi connectivity index (χ0v) is 18.2. The molecule has 1 saturated heterocycles. The Labute approximate surface area is 189 Å². The molecule has 0 aliphatic carbocycles. The Morgan fingerprint density at radius 2 is 1.91 bits per heavy atom. The standard InChI is InChI=1S/C21H18F4N4O3S/c1-11-10-32-20(21(23,24)25,17(30)29(11)2)12-3-8-15-16(9-12)33-19(27-15)28-18(31)26-14-6-4-13(22)5-7-14/h3-9,11H,10H2,1-2H3,(H2,26,27,28,31)/t11-,20+/m1/s1. The lowest BCUT2D eigenvalue weighted by atomic mass is 9.89. The van der Waals surface area contributed by atoms with Crippen molar-refractivity contribution in [2.75, 3.05) is 24.3 Å². The van der Waals surface area contributed by atoms with Crippen molar-refractivity contribution >= 4 is 44.3 Å². The third-order valence-corrected chi connectivity index (χ3v) is 6.27. The molecule has 33 heavy (non-hydrogen) atoms. The van der Waals surface area contributed by atoms with E-state index in [-0.39, 0.29) is 17.3 Å². The van der Waals surface area contributed by atoms with E-state index in [1.165, 1.54) is 43.4 Å². The fraction of sp³-hybridized carbons (Fsp3) is 0.286. The fourth-order valence-corrected chi connectivity index (χ4v) is 4.33. The minimum Gasteiger partial charge on any atom is -0.351 e. The molecule has 2 N–H and O–H groups in total. The molecule has 1 aliphatic rings. The van der Waals surface area contributed by atoms with Crippen LogP contribution < -0.4 is 10.6 Å². The second kappa shape index (κ2) is 8.27. The van der Waals surface area contributed by atoms with Gasteiger partial charge in [0.15, 0.2) is 5.13 Å². The minimum absolute atomic E-state index is 0.129. The number of hydrogen-bond acceptors (Lipinski definition) is 5. The molecule has 2 aromatic carbocycles. The number of carbonyl (C=O) groups is 2. The molecule has 4 rings (SSSR count). The quantitative estimate of drug-likeness (QED) is 0.530. The predicted molar refractivity (Wildman–Crippen MR) is 115 cm³/mol. The van der Waals surface area contributed by atoms with Crippen molar-refractivity contribution in [3.63, 3.8) is 0 Å². The number of morpholine rings is 1. The van der Waals surface area contributed by atoms with E-state index < -0.39 is 35.6 Å². The summed E-state index contributed by atoms with van der Waals surface area (Å²) in [4.78, 5) is 30.2. The smallest absolute Gasteiger partial charge is 0.351 e. The summed E-state index contributed by atoms with van der Waals surface area (Å²) in [6.45, 7) is 1.32. The summed E-state index contributed by atoms with van der Waals surface area (Å²) in [6, 6.07) is 7.63. The van der Waals surface area contributed by atoms with Gasteiger partial charge in [-0.15, -0.1) is 0 Å². The van der Waals surface area contributed by atoms with Crippen LogP contribution in [0.2, 0.25) is 0 Å². The maximum Gasteiger partial charge on any atom is 0.430 e. The van der Waals surface area contributed by atoms with Gasteiger partial charge in [-0.3, -0.25) is 10.1 Å². The molecule has 2 atom stereocenters. The predicted octanol–water partition coefficient (Wildman–Crippen LogP) is 4.71. The molecule has 12 heteroatoms. The maximum atomic E-state index is 14.2. The van der Waals surface area contributed by atoms with Gasteiger partial charge < -0.3 is 15.0 Å². The number of alkyl halides is 3. The van der Waals surface area contributed by atoms with Crippen molar-refractivity contribution < 1.29 is 31.9 Å². The SMILES string of the molecule is C[C@@H]1CO[C@](c2ccc3nc(NC(=O)Nc4ccc(F)cc4)sc3c2)(C(F)(F)F)C(=O)N1C. The number of carbonyl (C=O) groups excluding carboxylic acids is 2. The van der Waals surface area contributed by atoms with Gasteiger partial charge in [-0.05, 0) is 43.3 Å². The van der Waals surface area contributed by atoms with Gasteiger partial charge in [-0.2, -0.15) is 13.2 Å². The number of fused-ring (bicyclic) bond motifs is 1. The molecule has 1 aromatic heterocycles. The first-order valence-corrected chi connectivity index (χ1v) is 10.6. The van der Waals surface area contributed by atoms with E-state index in [9.17, 15) is 27.2 Å². The number of halogens is 4. The Morgan fingerprint density at radius 1 is 1.21 bits per heavy atom. The highest BCUT2D eigenvalue weighted by Crippen LogP contribution is 2.47. The Kier molecular flexibility index (Phi) is 5.74. The van der Waals surface area contributed by atoms with Gasteiger partial charge in [0.1, 0.15) is 5.82 Å². The minimum atomic E-state index is -4.99. The van der Waals surface area contributed by atoms with Gasteiger partial charge in [0.25, 0.3) is 11.5 Å². The molecule has 0 unspecified atom stereocenters. The monoisotopic (exact) mass is 482 g/mol. The molecule has 3 aromatic rings. The number of thiazole rings is 1. The molecule has 1 fully saturated rings. The second-order valence-electron chi connectivity index (χ2n) is 7.54. The average molecular weight is 482 g/mol. The van der Waals surface area contributed by atoms with E-state index in [0.29, 0.717) is 15.9 Å². The van der Waals surface area contributed by atoms with Crippen molar-refractivity contribution in [1.82, 2.24) is 9.88 Å². The van der Waals surface area contributed by atoms with Crippen LogP contribution in [-0.4, -0.2) is 47.7 Å². The highest BCUT2D eigenvalue weighted by Gasteiger charge is 2.66. The Bertz CT molecular complexity index is 1210. The summed E-state index contributed by atoms with van der Waals surface area (Å²) in [5.41, 5.74) is -2.81. The van der Waals surface area contributed by atoms with E-state index in [2.05, 4.69) is 15.6 Å². The van der Waals surface area contributed by atoms with Gasteiger partial charge in [-0.25, -0.2) is 14.2 Å². The second-order valence-corrected chi connectivity index (χ2v) is 8.57. The van der Waals surface area contributed by atoms with Crippen molar-refractivity contribution in [2.45, 2.75) is 24.7 Å². The summed E-state index contributed by atoms with van der Waals surface area (Å²) in [5.74, 6) is -1.66. The van der Waals surface area contributed by atoms with Gasteiger partial charge in [-0.1, -0.05) is 17.4 Å². The maximum absolute atomic E-state index is 14.2. The third kappa shape index (κ3) is 4.11. The van der Waals surface area contributed by atoms with Crippen LogP contribution in [0.1, 0.15) is 12.5 Å². The number of amides is 3. The number of urea groups is 1.